The fourth-order valence-corrected chi connectivity index (χ4v) is 4.83. The number of thiophene rings is 1. The second-order valence-corrected chi connectivity index (χ2v) is 8.98. The highest BCUT2D eigenvalue weighted by Crippen LogP contribution is 2.44. The van der Waals surface area contributed by atoms with Gasteiger partial charge in [-0.05, 0) is 55.0 Å². The van der Waals surface area contributed by atoms with Crippen molar-refractivity contribution < 1.29 is 14.3 Å². The van der Waals surface area contributed by atoms with Gasteiger partial charge < -0.3 is 9.47 Å². The van der Waals surface area contributed by atoms with Gasteiger partial charge in [-0.15, -0.1) is 11.3 Å². The molecule has 0 saturated heterocycles. The smallest absolute Gasteiger partial charge is 0.232 e. The number of fused-ring (bicyclic) bond motifs is 3. The van der Waals surface area contributed by atoms with E-state index in [1.54, 1.807) is 11.3 Å². The zero-order valence-electron chi connectivity index (χ0n) is 17.3. The molecule has 3 aromatic rings. The van der Waals surface area contributed by atoms with E-state index in [1.165, 1.54) is 11.1 Å². The van der Waals surface area contributed by atoms with E-state index in [2.05, 4.69) is 36.1 Å². The SMILES string of the molecule is Cc1ccc(CN2COc3cc(C)c4c(c3C2)O/C(=C\c2sccc2C)C4=O)cc1. The molecule has 0 radical (unpaired) electrons. The van der Waals surface area contributed by atoms with Crippen LogP contribution < -0.4 is 9.47 Å². The van der Waals surface area contributed by atoms with Gasteiger partial charge in [-0.1, -0.05) is 29.8 Å². The van der Waals surface area contributed by atoms with Crippen LogP contribution in [0, 0.1) is 20.8 Å². The van der Waals surface area contributed by atoms with Crippen molar-refractivity contribution in [2.45, 2.75) is 33.9 Å². The van der Waals surface area contributed by atoms with Crippen molar-refractivity contribution in [1.29, 1.82) is 0 Å². The lowest BCUT2D eigenvalue weighted by atomic mass is 9.98. The minimum Gasteiger partial charge on any atom is -0.478 e. The molecule has 5 rings (SSSR count). The molecule has 0 bridgehead atoms. The summed E-state index contributed by atoms with van der Waals surface area (Å²) < 4.78 is 12.2. The molecule has 0 atom stereocenters. The molecular formula is C25H23NO3S. The van der Waals surface area contributed by atoms with Gasteiger partial charge in [-0.2, -0.15) is 0 Å². The summed E-state index contributed by atoms with van der Waals surface area (Å²) in [5.41, 5.74) is 6.14. The number of hydrogen-bond acceptors (Lipinski definition) is 5. The van der Waals surface area contributed by atoms with Crippen molar-refractivity contribution in [3.8, 4) is 11.5 Å². The molecule has 0 unspecified atom stereocenters. The van der Waals surface area contributed by atoms with Gasteiger partial charge in [0.15, 0.2) is 5.76 Å². The standard InChI is InChI=1S/C25H23NO3S/c1-15-4-6-18(7-5-15)12-26-13-19-20(28-14-26)10-17(3)23-24(27)21(29-25(19)23)11-22-16(2)8-9-30-22/h4-11H,12-14H2,1-3H3/b21-11-. The van der Waals surface area contributed by atoms with E-state index < -0.39 is 0 Å². The lowest BCUT2D eigenvalue weighted by Crippen LogP contribution is -2.31. The van der Waals surface area contributed by atoms with Gasteiger partial charge in [0.2, 0.25) is 5.78 Å². The van der Waals surface area contributed by atoms with Crippen LogP contribution in [0.25, 0.3) is 6.08 Å². The van der Waals surface area contributed by atoms with Crippen LogP contribution in [0.3, 0.4) is 0 Å². The van der Waals surface area contributed by atoms with Crippen molar-refractivity contribution in [2.75, 3.05) is 6.73 Å². The number of carbonyl (C=O) groups excluding carboxylic acids is 1. The fraction of sp³-hybridized carbons (Fsp3) is 0.240. The molecule has 0 aliphatic carbocycles. The maximum atomic E-state index is 13.1. The second-order valence-electron chi connectivity index (χ2n) is 8.03. The van der Waals surface area contributed by atoms with E-state index in [0.29, 0.717) is 30.3 Å². The highest BCUT2D eigenvalue weighted by atomic mass is 32.1. The number of hydrogen-bond donors (Lipinski definition) is 0. The molecule has 1 aromatic heterocycles. The number of ketones is 1. The molecule has 0 fully saturated rings. The van der Waals surface area contributed by atoms with E-state index >= 15 is 0 Å². The fourth-order valence-electron chi connectivity index (χ4n) is 3.98. The minimum absolute atomic E-state index is 0.0474. The van der Waals surface area contributed by atoms with Crippen molar-refractivity contribution >= 4 is 23.2 Å². The molecule has 2 aliphatic heterocycles. The molecule has 2 aromatic carbocycles. The summed E-state index contributed by atoms with van der Waals surface area (Å²) in [5.74, 6) is 1.81. The Kier molecular flexibility index (Phi) is 4.72. The van der Waals surface area contributed by atoms with Crippen molar-refractivity contribution in [3.05, 3.63) is 85.8 Å². The molecular weight excluding hydrogens is 394 g/mol. The summed E-state index contributed by atoms with van der Waals surface area (Å²) in [6.45, 7) is 8.07. The Balaban J connectivity index is 1.46. The number of ether oxygens (including phenoxy) is 2. The molecule has 2 aliphatic rings. The second kappa shape index (κ2) is 7.42. The maximum absolute atomic E-state index is 13.1. The van der Waals surface area contributed by atoms with Crippen LogP contribution in [0.1, 0.15) is 43.1 Å². The number of allylic oxidation sites excluding steroid dienone is 1. The Hall–Kier alpha value is -2.89. The van der Waals surface area contributed by atoms with Crippen LogP contribution in [0.4, 0.5) is 0 Å². The van der Waals surface area contributed by atoms with Crippen LogP contribution >= 0.6 is 11.3 Å². The maximum Gasteiger partial charge on any atom is 0.232 e. The van der Waals surface area contributed by atoms with Gasteiger partial charge in [0.25, 0.3) is 0 Å². The summed E-state index contributed by atoms with van der Waals surface area (Å²) in [5, 5.41) is 2.03. The van der Waals surface area contributed by atoms with Crippen LogP contribution in [0.5, 0.6) is 11.5 Å². The topological polar surface area (TPSA) is 38.8 Å². The van der Waals surface area contributed by atoms with Crippen LogP contribution in [0.2, 0.25) is 0 Å². The Bertz CT molecular complexity index is 1170. The van der Waals surface area contributed by atoms with E-state index in [9.17, 15) is 4.79 Å². The average Bonchev–Trinajstić information content (AvgIpc) is 3.28. The Morgan fingerprint density at radius 2 is 1.90 bits per heavy atom. The van der Waals surface area contributed by atoms with Gasteiger partial charge >= 0.3 is 0 Å². The quantitative estimate of drug-likeness (QED) is 0.517. The van der Waals surface area contributed by atoms with Gasteiger partial charge in [0, 0.05) is 24.0 Å². The summed E-state index contributed by atoms with van der Waals surface area (Å²) in [7, 11) is 0. The third-order valence-electron chi connectivity index (χ3n) is 5.68. The van der Waals surface area contributed by atoms with E-state index in [-0.39, 0.29) is 5.78 Å². The summed E-state index contributed by atoms with van der Waals surface area (Å²) in [4.78, 5) is 16.4. The minimum atomic E-state index is -0.0474. The van der Waals surface area contributed by atoms with Crippen LogP contribution in [0.15, 0.2) is 47.5 Å². The predicted molar refractivity (Wildman–Crippen MR) is 119 cm³/mol. The molecule has 5 heteroatoms. The first-order valence-corrected chi connectivity index (χ1v) is 10.9. The number of nitrogens with zero attached hydrogens (tertiary/aromatic N) is 1. The summed E-state index contributed by atoms with van der Waals surface area (Å²) in [6.07, 6.45) is 1.86. The van der Waals surface area contributed by atoms with E-state index in [1.807, 2.05) is 37.4 Å². The number of benzene rings is 2. The molecule has 152 valence electrons. The lowest BCUT2D eigenvalue weighted by molar-refractivity contribution is 0.0872. The highest BCUT2D eigenvalue weighted by molar-refractivity contribution is 7.11. The predicted octanol–water partition coefficient (Wildman–Crippen LogP) is 5.64. The first-order chi connectivity index (χ1) is 14.5. The van der Waals surface area contributed by atoms with Gasteiger partial charge in [-0.25, -0.2) is 0 Å². The van der Waals surface area contributed by atoms with Gasteiger partial charge in [0.05, 0.1) is 11.1 Å². The number of aryl methyl sites for hydroxylation is 3. The molecule has 0 spiro atoms. The van der Waals surface area contributed by atoms with Crippen molar-refractivity contribution in [3.63, 3.8) is 0 Å². The Labute approximate surface area is 180 Å². The zero-order valence-corrected chi connectivity index (χ0v) is 18.1. The average molecular weight is 418 g/mol. The third kappa shape index (κ3) is 3.34. The Morgan fingerprint density at radius 3 is 2.63 bits per heavy atom. The van der Waals surface area contributed by atoms with Crippen molar-refractivity contribution in [1.82, 2.24) is 4.90 Å². The molecule has 0 amide bonds. The van der Waals surface area contributed by atoms with E-state index in [4.69, 9.17) is 9.47 Å². The van der Waals surface area contributed by atoms with Gasteiger partial charge in [0.1, 0.15) is 18.2 Å². The third-order valence-corrected chi connectivity index (χ3v) is 6.64. The number of carbonyl (C=O) groups is 1. The van der Waals surface area contributed by atoms with Gasteiger partial charge in [-0.3, -0.25) is 9.69 Å². The lowest BCUT2D eigenvalue weighted by Gasteiger charge is -2.30. The zero-order chi connectivity index (χ0) is 20.8. The first kappa shape index (κ1) is 19.1. The monoisotopic (exact) mass is 417 g/mol. The normalized spacial score (nSPS) is 16.9. The van der Waals surface area contributed by atoms with Crippen LogP contribution in [-0.2, 0) is 13.1 Å². The molecule has 3 heterocycles. The highest BCUT2D eigenvalue weighted by Gasteiger charge is 2.35. The number of Topliss-reactive ketones (excluding diaryl/α,β-unsaturated/α-hetero) is 1. The molecule has 0 N–H and O–H groups in total. The summed E-state index contributed by atoms with van der Waals surface area (Å²) >= 11 is 1.61. The van der Waals surface area contributed by atoms with E-state index in [0.717, 1.165) is 33.9 Å². The summed E-state index contributed by atoms with van der Waals surface area (Å²) in [6, 6.07) is 12.6. The number of rotatable bonds is 3. The molecule has 0 saturated carbocycles. The first-order valence-electron chi connectivity index (χ1n) is 10.0. The van der Waals surface area contributed by atoms with Crippen LogP contribution in [-0.4, -0.2) is 17.4 Å². The Morgan fingerprint density at radius 1 is 1.10 bits per heavy atom. The molecule has 30 heavy (non-hydrogen) atoms. The van der Waals surface area contributed by atoms with Crippen molar-refractivity contribution in [2.24, 2.45) is 0 Å². The molecule has 4 nitrogen and oxygen atoms in total. The largest absolute Gasteiger partial charge is 0.478 e.